The van der Waals surface area contributed by atoms with Crippen LogP contribution in [0.2, 0.25) is 0 Å². The molecular formula is C9H6BrFN4O2S. The van der Waals surface area contributed by atoms with Crippen LogP contribution in [0.1, 0.15) is 0 Å². The number of aromatic nitrogens is 4. The Hall–Kier alpha value is -1.48. The molecule has 0 saturated carbocycles. The molecule has 1 heterocycles. The van der Waals surface area contributed by atoms with Crippen molar-refractivity contribution in [2.24, 2.45) is 0 Å². The van der Waals surface area contributed by atoms with Crippen molar-refractivity contribution in [3.05, 3.63) is 28.5 Å². The summed E-state index contributed by atoms with van der Waals surface area (Å²) in [5.74, 6) is -1.51. The van der Waals surface area contributed by atoms with Crippen molar-refractivity contribution < 1.29 is 14.3 Å². The number of benzene rings is 1. The highest BCUT2D eigenvalue weighted by Gasteiger charge is 2.13. The van der Waals surface area contributed by atoms with Crippen LogP contribution in [0, 0.1) is 5.82 Å². The maximum absolute atomic E-state index is 13.0. The summed E-state index contributed by atoms with van der Waals surface area (Å²) in [6, 6.07) is 4.05. The normalized spacial score (nSPS) is 10.6. The van der Waals surface area contributed by atoms with Gasteiger partial charge >= 0.3 is 5.97 Å². The molecular weight excluding hydrogens is 327 g/mol. The van der Waals surface area contributed by atoms with E-state index in [0.717, 1.165) is 11.8 Å². The molecule has 0 bridgehead atoms. The monoisotopic (exact) mass is 332 g/mol. The number of carboxylic acids is 1. The zero-order valence-electron chi connectivity index (χ0n) is 8.75. The highest BCUT2D eigenvalue weighted by molar-refractivity contribution is 9.10. The molecule has 0 saturated heterocycles. The van der Waals surface area contributed by atoms with Gasteiger partial charge in [-0.25, -0.2) is 4.39 Å². The SMILES string of the molecule is O=C(O)CSc1nnnn1-c1ccc(F)cc1Br. The lowest BCUT2D eigenvalue weighted by molar-refractivity contribution is -0.133. The molecule has 0 amide bonds. The summed E-state index contributed by atoms with van der Waals surface area (Å²) in [6.07, 6.45) is 0. The molecule has 0 spiro atoms. The average molecular weight is 333 g/mol. The Morgan fingerprint density at radius 3 is 3.00 bits per heavy atom. The third kappa shape index (κ3) is 2.85. The van der Waals surface area contributed by atoms with Crippen molar-refractivity contribution in [3.8, 4) is 5.69 Å². The lowest BCUT2D eigenvalue weighted by Crippen LogP contribution is -2.03. The quantitative estimate of drug-likeness (QED) is 0.859. The lowest BCUT2D eigenvalue weighted by atomic mass is 10.3. The smallest absolute Gasteiger partial charge is 0.313 e. The first-order valence-corrected chi connectivity index (χ1v) is 6.44. The average Bonchev–Trinajstić information content (AvgIpc) is 2.74. The first-order chi connectivity index (χ1) is 8.58. The van der Waals surface area contributed by atoms with Crippen molar-refractivity contribution >= 4 is 33.7 Å². The standard InChI is InChI=1S/C9H6BrFN4O2S/c10-6-3-5(11)1-2-7(6)15-9(12-13-14-15)18-4-8(16)17/h1-3H,4H2,(H,16,17). The van der Waals surface area contributed by atoms with E-state index >= 15 is 0 Å². The number of halogens is 2. The number of tetrazole rings is 1. The van der Waals surface area contributed by atoms with Gasteiger partial charge in [-0.05, 0) is 44.6 Å². The molecule has 0 aliphatic carbocycles. The highest BCUT2D eigenvalue weighted by Crippen LogP contribution is 2.25. The van der Waals surface area contributed by atoms with E-state index in [2.05, 4.69) is 31.5 Å². The number of carbonyl (C=O) groups is 1. The minimum absolute atomic E-state index is 0.154. The predicted octanol–water partition coefficient (Wildman–Crippen LogP) is 1.74. The summed E-state index contributed by atoms with van der Waals surface area (Å²) in [5, 5.41) is 19.9. The molecule has 2 rings (SSSR count). The second kappa shape index (κ2) is 5.44. The molecule has 0 aliphatic rings. The second-order valence-corrected chi connectivity index (χ2v) is 4.95. The fourth-order valence-corrected chi connectivity index (χ4v) is 2.32. The van der Waals surface area contributed by atoms with Gasteiger partial charge in [0.05, 0.1) is 11.4 Å². The zero-order valence-corrected chi connectivity index (χ0v) is 11.2. The molecule has 1 aromatic heterocycles. The molecule has 1 aromatic carbocycles. The van der Waals surface area contributed by atoms with E-state index in [1.807, 2.05) is 0 Å². The summed E-state index contributed by atoms with van der Waals surface area (Å²) in [6.45, 7) is 0. The summed E-state index contributed by atoms with van der Waals surface area (Å²) >= 11 is 4.18. The van der Waals surface area contributed by atoms with Gasteiger partial charge in [0.15, 0.2) is 0 Å². The van der Waals surface area contributed by atoms with Crippen molar-refractivity contribution in [2.75, 3.05) is 5.75 Å². The Labute approximate surface area is 113 Å². The summed E-state index contributed by atoms with van der Waals surface area (Å²) in [5.41, 5.74) is 0.536. The van der Waals surface area contributed by atoms with Crippen LogP contribution in [0.25, 0.3) is 5.69 Å². The van der Waals surface area contributed by atoms with Crippen LogP contribution in [0.5, 0.6) is 0 Å². The maximum Gasteiger partial charge on any atom is 0.313 e. The number of hydrogen-bond donors (Lipinski definition) is 1. The molecule has 6 nitrogen and oxygen atoms in total. The fourth-order valence-electron chi connectivity index (χ4n) is 1.20. The fraction of sp³-hybridized carbons (Fsp3) is 0.111. The third-order valence-electron chi connectivity index (χ3n) is 1.90. The molecule has 0 unspecified atom stereocenters. The Morgan fingerprint density at radius 2 is 2.33 bits per heavy atom. The van der Waals surface area contributed by atoms with Gasteiger partial charge in [0.1, 0.15) is 5.82 Å². The van der Waals surface area contributed by atoms with Crippen LogP contribution >= 0.6 is 27.7 Å². The van der Waals surface area contributed by atoms with Gasteiger partial charge in [-0.1, -0.05) is 11.8 Å². The number of thioether (sulfide) groups is 1. The minimum Gasteiger partial charge on any atom is -0.481 e. The van der Waals surface area contributed by atoms with Crippen LogP contribution in [-0.2, 0) is 4.79 Å². The van der Waals surface area contributed by atoms with Crippen molar-refractivity contribution in [1.82, 2.24) is 20.2 Å². The van der Waals surface area contributed by atoms with Gasteiger partial charge in [0.25, 0.3) is 0 Å². The van der Waals surface area contributed by atoms with Crippen LogP contribution in [-0.4, -0.2) is 37.0 Å². The lowest BCUT2D eigenvalue weighted by Gasteiger charge is -2.05. The van der Waals surface area contributed by atoms with Gasteiger partial charge in [-0.2, -0.15) is 4.68 Å². The van der Waals surface area contributed by atoms with Gasteiger partial charge in [0, 0.05) is 4.47 Å². The Kier molecular flexibility index (Phi) is 3.92. The van der Waals surface area contributed by atoms with Gasteiger partial charge in [-0.3, -0.25) is 4.79 Å². The minimum atomic E-state index is -0.965. The van der Waals surface area contributed by atoms with E-state index < -0.39 is 11.8 Å². The predicted molar refractivity (Wildman–Crippen MR) is 65.2 cm³/mol. The molecule has 1 N–H and O–H groups in total. The molecule has 2 aromatic rings. The number of nitrogens with zero attached hydrogens (tertiary/aromatic N) is 4. The Bertz CT molecular complexity index is 592. The maximum atomic E-state index is 13.0. The number of carboxylic acid groups (broad SMARTS) is 1. The van der Waals surface area contributed by atoms with Gasteiger partial charge in [0.2, 0.25) is 5.16 Å². The van der Waals surface area contributed by atoms with Crippen molar-refractivity contribution in [3.63, 3.8) is 0 Å². The van der Waals surface area contributed by atoms with Crippen LogP contribution in [0.3, 0.4) is 0 Å². The Morgan fingerprint density at radius 1 is 1.56 bits per heavy atom. The van der Waals surface area contributed by atoms with E-state index in [0.29, 0.717) is 15.3 Å². The topological polar surface area (TPSA) is 80.9 Å². The summed E-state index contributed by atoms with van der Waals surface area (Å²) < 4.78 is 14.8. The molecule has 94 valence electrons. The van der Waals surface area contributed by atoms with E-state index in [1.54, 1.807) is 0 Å². The van der Waals surface area contributed by atoms with E-state index in [-0.39, 0.29) is 5.75 Å². The molecule has 0 aliphatic heterocycles. The van der Waals surface area contributed by atoms with Crippen LogP contribution < -0.4 is 0 Å². The molecule has 0 fully saturated rings. The molecule has 0 atom stereocenters. The number of rotatable bonds is 4. The molecule has 18 heavy (non-hydrogen) atoms. The first kappa shape index (κ1) is 13.0. The van der Waals surface area contributed by atoms with E-state index in [9.17, 15) is 9.18 Å². The van der Waals surface area contributed by atoms with Crippen molar-refractivity contribution in [1.29, 1.82) is 0 Å². The van der Waals surface area contributed by atoms with Crippen LogP contribution in [0.4, 0.5) is 4.39 Å². The second-order valence-electron chi connectivity index (χ2n) is 3.15. The van der Waals surface area contributed by atoms with E-state index in [1.165, 1.54) is 22.9 Å². The van der Waals surface area contributed by atoms with Gasteiger partial charge in [-0.15, -0.1) is 5.10 Å². The largest absolute Gasteiger partial charge is 0.481 e. The number of hydrogen-bond acceptors (Lipinski definition) is 5. The third-order valence-corrected chi connectivity index (χ3v) is 3.44. The summed E-state index contributed by atoms with van der Waals surface area (Å²) in [4.78, 5) is 10.5. The zero-order chi connectivity index (χ0) is 13.1. The summed E-state index contributed by atoms with van der Waals surface area (Å²) in [7, 11) is 0. The van der Waals surface area contributed by atoms with Crippen LogP contribution in [0.15, 0.2) is 27.8 Å². The Balaban J connectivity index is 2.33. The first-order valence-electron chi connectivity index (χ1n) is 4.66. The van der Waals surface area contributed by atoms with E-state index in [4.69, 9.17) is 5.11 Å². The van der Waals surface area contributed by atoms with Crippen molar-refractivity contribution in [2.45, 2.75) is 5.16 Å². The molecule has 0 radical (unpaired) electrons. The van der Waals surface area contributed by atoms with Gasteiger partial charge < -0.3 is 5.11 Å². The highest BCUT2D eigenvalue weighted by atomic mass is 79.9. The molecule has 9 heteroatoms. The number of aliphatic carboxylic acids is 1.